The molecule has 7 nitrogen and oxygen atoms in total. The number of nitrogens with zero attached hydrogens (tertiary/aromatic N) is 1. The van der Waals surface area contributed by atoms with Crippen LogP contribution < -0.4 is 10.1 Å². The number of para-hydroxylation sites is 1. The maximum atomic E-state index is 12.9. The van der Waals surface area contributed by atoms with Gasteiger partial charge in [0.15, 0.2) is 0 Å². The molecule has 1 heterocycles. The van der Waals surface area contributed by atoms with E-state index < -0.39 is 11.9 Å². The summed E-state index contributed by atoms with van der Waals surface area (Å²) in [6.07, 6.45) is 4.72. The number of hydrogen-bond donors (Lipinski definition) is 2. The fraction of sp³-hybridized carbons (Fsp3) is 0.281. The monoisotopic (exact) mass is 626 g/mol. The van der Waals surface area contributed by atoms with Gasteiger partial charge in [-0.1, -0.05) is 83.5 Å². The van der Waals surface area contributed by atoms with E-state index >= 15 is 0 Å². The molecule has 1 atom stereocenters. The van der Waals surface area contributed by atoms with Crippen LogP contribution in [0.4, 0.5) is 0 Å². The van der Waals surface area contributed by atoms with Crippen LogP contribution in [-0.2, 0) is 14.4 Å². The summed E-state index contributed by atoms with van der Waals surface area (Å²) in [6.45, 7) is 0.998. The number of benzene rings is 3. The molecule has 2 amide bonds. The van der Waals surface area contributed by atoms with Gasteiger partial charge in [0.2, 0.25) is 11.8 Å². The minimum absolute atomic E-state index is 0.0629. The Hall–Kier alpha value is -3.46. The van der Waals surface area contributed by atoms with Crippen LogP contribution in [0.5, 0.6) is 5.75 Å². The molecule has 3 aromatic rings. The van der Waals surface area contributed by atoms with Crippen molar-refractivity contribution >= 4 is 58.8 Å². The number of hydrogen-bond acceptors (Lipinski definition) is 5. The minimum Gasteiger partial charge on any atom is -0.496 e. The molecule has 0 spiro atoms. The average molecular weight is 628 g/mol. The Balaban J connectivity index is 1.26. The molecule has 0 radical (unpaired) electrons. The summed E-state index contributed by atoms with van der Waals surface area (Å²) in [5.74, 6) is -1.26. The normalized spacial score (nSPS) is 14.5. The lowest BCUT2D eigenvalue weighted by atomic mass is 9.94. The van der Waals surface area contributed by atoms with E-state index in [1.54, 1.807) is 42.4 Å². The van der Waals surface area contributed by atoms with Crippen molar-refractivity contribution in [3.63, 3.8) is 0 Å². The van der Waals surface area contributed by atoms with Gasteiger partial charge in [0, 0.05) is 36.5 Å². The number of carbonyl (C=O) groups is 3. The fourth-order valence-electron chi connectivity index (χ4n) is 4.78. The molecule has 1 fully saturated rings. The molecule has 0 aliphatic carbocycles. The van der Waals surface area contributed by atoms with Crippen LogP contribution in [0.25, 0.3) is 6.08 Å². The highest BCUT2D eigenvalue weighted by molar-refractivity contribution is 7.99. The first-order valence-corrected chi connectivity index (χ1v) is 15.2. The van der Waals surface area contributed by atoms with Gasteiger partial charge in [0.25, 0.3) is 0 Å². The Morgan fingerprint density at radius 1 is 1.00 bits per heavy atom. The van der Waals surface area contributed by atoms with E-state index in [1.807, 2.05) is 42.5 Å². The van der Waals surface area contributed by atoms with Crippen molar-refractivity contribution in [2.45, 2.75) is 47.4 Å². The summed E-state index contributed by atoms with van der Waals surface area (Å²) >= 11 is 14.6. The maximum Gasteiger partial charge on any atom is 0.310 e. The number of likely N-dealkylation sites (tertiary alicyclic amines) is 1. The number of carboxylic acid groups (broad SMARTS) is 1. The van der Waals surface area contributed by atoms with Crippen molar-refractivity contribution in [3.05, 3.63) is 94.0 Å². The number of amides is 2. The summed E-state index contributed by atoms with van der Waals surface area (Å²) in [5, 5.41) is 13.3. The fourth-order valence-corrected chi connectivity index (χ4v) is 6.31. The molecule has 2 N–H and O–H groups in total. The first-order chi connectivity index (χ1) is 20.3. The van der Waals surface area contributed by atoms with Gasteiger partial charge in [-0.2, -0.15) is 0 Å². The predicted molar refractivity (Wildman–Crippen MR) is 166 cm³/mol. The summed E-state index contributed by atoms with van der Waals surface area (Å²) in [6, 6.07) is 20.2. The number of aliphatic carboxylic acids is 1. The standard InChI is InChI=1S/C32H32Cl2N2O5S/c1-41-25-9-5-6-10-26(25)42-27-14-11-22(30(33)31(27)34)12-16-29(38)36-19-17-23(18-20-36)35-28(37)15-13-24(32(39)40)21-7-3-2-4-8-21/h2-12,14,16,23-24H,13,15,17-20H2,1H3,(H,35,37)(H,39,40). The van der Waals surface area contributed by atoms with Gasteiger partial charge in [0.1, 0.15) is 5.75 Å². The van der Waals surface area contributed by atoms with Gasteiger partial charge in [-0.15, -0.1) is 0 Å². The summed E-state index contributed by atoms with van der Waals surface area (Å²) in [7, 11) is 1.61. The van der Waals surface area contributed by atoms with Crippen molar-refractivity contribution in [1.82, 2.24) is 10.2 Å². The largest absolute Gasteiger partial charge is 0.496 e. The van der Waals surface area contributed by atoms with E-state index in [2.05, 4.69) is 5.32 Å². The molecule has 1 aliphatic heterocycles. The van der Waals surface area contributed by atoms with Gasteiger partial charge >= 0.3 is 5.97 Å². The highest BCUT2D eigenvalue weighted by Gasteiger charge is 2.25. The zero-order valence-electron chi connectivity index (χ0n) is 23.1. The lowest BCUT2D eigenvalue weighted by Gasteiger charge is -2.31. The molecule has 220 valence electrons. The third-order valence-corrected chi connectivity index (χ3v) is 9.23. The molecule has 0 aromatic heterocycles. The third-order valence-electron chi connectivity index (χ3n) is 7.10. The highest BCUT2D eigenvalue weighted by Crippen LogP contribution is 2.42. The molecule has 3 aromatic carbocycles. The van der Waals surface area contributed by atoms with Gasteiger partial charge in [0.05, 0.1) is 28.0 Å². The number of carbonyl (C=O) groups excluding carboxylic acids is 2. The number of methoxy groups -OCH3 is 1. The van der Waals surface area contributed by atoms with E-state index in [-0.39, 0.29) is 30.7 Å². The Morgan fingerprint density at radius 2 is 1.69 bits per heavy atom. The molecule has 42 heavy (non-hydrogen) atoms. The number of rotatable bonds is 11. The predicted octanol–water partition coefficient (Wildman–Crippen LogP) is 6.92. The van der Waals surface area contributed by atoms with Crippen molar-refractivity contribution in [3.8, 4) is 5.75 Å². The van der Waals surface area contributed by atoms with Crippen molar-refractivity contribution in [1.29, 1.82) is 0 Å². The second-order valence-electron chi connectivity index (χ2n) is 9.87. The molecule has 0 saturated carbocycles. The van der Waals surface area contributed by atoms with E-state index in [9.17, 15) is 19.5 Å². The smallest absolute Gasteiger partial charge is 0.310 e. The Bertz CT molecular complexity index is 1440. The number of halogens is 2. The zero-order valence-corrected chi connectivity index (χ0v) is 25.4. The van der Waals surface area contributed by atoms with Crippen molar-refractivity contribution in [2.75, 3.05) is 20.2 Å². The third kappa shape index (κ3) is 8.31. The van der Waals surface area contributed by atoms with Crippen molar-refractivity contribution < 1.29 is 24.2 Å². The Kier molecular flexibility index (Phi) is 11.3. The molecule has 4 rings (SSSR count). The molecule has 10 heteroatoms. The summed E-state index contributed by atoms with van der Waals surface area (Å²) < 4.78 is 5.41. The van der Waals surface area contributed by atoms with E-state index in [1.165, 1.54) is 17.8 Å². The van der Waals surface area contributed by atoms with E-state index in [0.29, 0.717) is 47.1 Å². The summed E-state index contributed by atoms with van der Waals surface area (Å²) in [4.78, 5) is 40.5. The maximum absolute atomic E-state index is 12.9. The van der Waals surface area contributed by atoms with Crippen LogP contribution in [-0.4, -0.2) is 54.0 Å². The van der Waals surface area contributed by atoms with E-state index in [0.717, 1.165) is 15.5 Å². The van der Waals surface area contributed by atoms with Crippen LogP contribution in [0, 0.1) is 0 Å². The second kappa shape index (κ2) is 15.1. The highest BCUT2D eigenvalue weighted by atomic mass is 35.5. The SMILES string of the molecule is COc1ccccc1Sc1ccc(C=CC(=O)N2CCC(NC(=O)CCC(C(=O)O)c3ccccc3)CC2)c(Cl)c1Cl. The first kappa shape index (κ1) is 31.5. The molecule has 1 unspecified atom stereocenters. The van der Waals surface area contributed by atoms with Crippen LogP contribution >= 0.6 is 35.0 Å². The molecular weight excluding hydrogens is 595 g/mol. The van der Waals surface area contributed by atoms with Crippen molar-refractivity contribution in [2.24, 2.45) is 0 Å². The first-order valence-electron chi connectivity index (χ1n) is 13.6. The number of ether oxygens (including phenoxy) is 1. The molecule has 1 saturated heterocycles. The second-order valence-corrected chi connectivity index (χ2v) is 11.7. The Labute approximate surface area is 259 Å². The minimum atomic E-state index is -0.944. The van der Waals surface area contributed by atoms with Crippen LogP contribution in [0.1, 0.15) is 42.7 Å². The Morgan fingerprint density at radius 3 is 2.38 bits per heavy atom. The molecule has 1 aliphatic rings. The lowest BCUT2D eigenvalue weighted by molar-refractivity contribution is -0.139. The van der Waals surface area contributed by atoms with Crippen LogP contribution in [0.3, 0.4) is 0 Å². The van der Waals surface area contributed by atoms with Crippen LogP contribution in [0.15, 0.2) is 82.6 Å². The van der Waals surface area contributed by atoms with E-state index in [4.69, 9.17) is 27.9 Å². The number of piperidine rings is 1. The molecule has 0 bridgehead atoms. The van der Waals surface area contributed by atoms with Gasteiger partial charge < -0.3 is 20.1 Å². The number of carboxylic acids is 1. The lowest BCUT2D eigenvalue weighted by Crippen LogP contribution is -2.46. The summed E-state index contributed by atoms with van der Waals surface area (Å²) in [5.41, 5.74) is 1.32. The zero-order chi connectivity index (χ0) is 30.1. The van der Waals surface area contributed by atoms with Gasteiger partial charge in [-0.3, -0.25) is 14.4 Å². The topological polar surface area (TPSA) is 95.9 Å². The molecular formula is C32H32Cl2N2O5S. The number of nitrogens with one attached hydrogen (secondary N) is 1. The van der Waals surface area contributed by atoms with Gasteiger partial charge in [-0.05, 0) is 54.7 Å². The quantitative estimate of drug-likeness (QED) is 0.224. The van der Waals surface area contributed by atoms with Crippen LogP contribution in [0.2, 0.25) is 10.0 Å². The van der Waals surface area contributed by atoms with Gasteiger partial charge in [-0.25, -0.2) is 0 Å². The average Bonchev–Trinajstić information content (AvgIpc) is 3.00.